The fraction of sp³-hybridized carbons (Fsp3) is 0.174. The molecule has 2 heterocycles. The summed E-state index contributed by atoms with van der Waals surface area (Å²) in [6, 6.07) is 19.3. The van der Waals surface area contributed by atoms with Gasteiger partial charge in [0, 0.05) is 6.20 Å². The number of amides is 2. The van der Waals surface area contributed by atoms with E-state index in [0.717, 1.165) is 22.3 Å². The highest BCUT2D eigenvalue weighted by Gasteiger charge is 2.72. The lowest BCUT2D eigenvalue weighted by molar-refractivity contribution is -0.122. The Hall–Kier alpha value is -2.02. The summed E-state index contributed by atoms with van der Waals surface area (Å²) in [5.41, 5.74) is 4.03. The molecular formula is C23H13Br2ClN2O2. The van der Waals surface area contributed by atoms with Gasteiger partial charge >= 0.3 is 0 Å². The van der Waals surface area contributed by atoms with E-state index < -0.39 is 20.5 Å². The molecule has 0 spiro atoms. The number of nitrogens with zero attached hydrogens (tertiary/aromatic N) is 2. The van der Waals surface area contributed by atoms with Crippen LogP contribution in [0.4, 0.5) is 5.82 Å². The van der Waals surface area contributed by atoms with Crippen molar-refractivity contribution in [2.24, 2.45) is 11.8 Å². The number of carbonyl (C=O) groups excluding carboxylic acids is 2. The van der Waals surface area contributed by atoms with E-state index in [1.807, 2.05) is 48.5 Å². The predicted octanol–water partition coefficient (Wildman–Crippen LogP) is 5.14. The molecule has 1 aliphatic heterocycles. The number of halogens is 3. The zero-order valence-electron chi connectivity index (χ0n) is 15.4. The van der Waals surface area contributed by atoms with Gasteiger partial charge in [0.2, 0.25) is 11.8 Å². The molecule has 148 valence electrons. The van der Waals surface area contributed by atoms with Gasteiger partial charge in [0.25, 0.3) is 0 Å². The highest BCUT2D eigenvalue weighted by molar-refractivity contribution is 9.10. The average Bonchev–Trinajstić information content (AvgIpc) is 3.04. The topological polar surface area (TPSA) is 50.3 Å². The van der Waals surface area contributed by atoms with Crippen molar-refractivity contribution in [1.29, 1.82) is 0 Å². The van der Waals surface area contributed by atoms with E-state index in [-0.39, 0.29) is 11.8 Å². The zero-order valence-corrected chi connectivity index (χ0v) is 19.3. The summed E-state index contributed by atoms with van der Waals surface area (Å²) < 4.78 is -1.59. The van der Waals surface area contributed by atoms with Crippen LogP contribution in [0, 0.1) is 11.8 Å². The second kappa shape index (κ2) is 6.02. The lowest BCUT2D eigenvalue weighted by Gasteiger charge is -2.55. The molecule has 2 bridgehead atoms. The Morgan fingerprint density at radius 3 is 1.57 bits per heavy atom. The number of pyridine rings is 1. The Balaban J connectivity index is 1.66. The quantitative estimate of drug-likeness (QED) is 0.315. The number of carbonyl (C=O) groups is 2. The smallest absolute Gasteiger partial charge is 0.241 e. The summed E-state index contributed by atoms with van der Waals surface area (Å²) in [5, 5.41) is 0.448. The van der Waals surface area contributed by atoms with Gasteiger partial charge in [-0.15, -0.1) is 0 Å². The van der Waals surface area contributed by atoms with Crippen LogP contribution in [-0.2, 0) is 18.2 Å². The summed E-state index contributed by atoms with van der Waals surface area (Å²) in [6.45, 7) is 0. The van der Waals surface area contributed by atoms with Crippen molar-refractivity contribution in [2.45, 2.75) is 8.65 Å². The molecule has 2 amide bonds. The van der Waals surface area contributed by atoms with Crippen molar-refractivity contribution < 1.29 is 9.59 Å². The van der Waals surface area contributed by atoms with Crippen molar-refractivity contribution in [1.82, 2.24) is 4.98 Å². The van der Waals surface area contributed by atoms with Crippen LogP contribution in [0.1, 0.15) is 22.3 Å². The Kier molecular flexibility index (Phi) is 3.76. The monoisotopic (exact) mass is 542 g/mol. The molecule has 4 nitrogen and oxygen atoms in total. The molecule has 3 aromatic rings. The van der Waals surface area contributed by atoms with Crippen LogP contribution in [0.25, 0.3) is 0 Å². The van der Waals surface area contributed by atoms with Gasteiger partial charge in [0.05, 0.1) is 25.5 Å². The maximum atomic E-state index is 13.8. The first-order valence-electron chi connectivity index (χ1n) is 9.47. The molecule has 7 rings (SSSR count). The first-order valence-corrected chi connectivity index (χ1v) is 11.4. The Morgan fingerprint density at radius 1 is 0.767 bits per heavy atom. The SMILES string of the molecule is O=C1[C@@H]2[C@@H](C(=O)N1c1ccc(Cl)cn1)C1(Br)c3ccccc3C2(Br)c2ccccc21. The highest BCUT2D eigenvalue weighted by atomic mass is 79.9. The number of anilines is 1. The minimum atomic E-state index is -0.797. The molecule has 0 unspecified atom stereocenters. The van der Waals surface area contributed by atoms with E-state index in [1.54, 1.807) is 12.1 Å². The number of aromatic nitrogens is 1. The van der Waals surface area contributed by atoms with Gasteiger partial charge in [0.15, 0.2) is 0 Å². The molecule has 0 radical (unpaired) electrons. The molecule has 2 aromatic carbocycles. The Bertz CT molecular complexity index is 1140. The van der Waals surface area contributed by atoms with Gasteiger partial charge in [-0.05, 0) is 34.4 Å². The van der Waals surface area contributed by atoms with Gasteiger partial charge in [-0.1, -0.05) is 92.0 Å². The minimum absolute atomic E-state index is 0.260. The normalized spacial score (nSPS) is 30.8. The van der Waals surface area contributed by atoms with E-state index in [1.165, 1.54) is 11.1 Å². The van der Waals surface area contributed by atoms with Crippen LogP contribution in [0.5, 0.6) is 0 Å². The number of benzene rings is 2. The van der Waals surface area contributed by atoms with Gasteiger partial charge in [-0.3, -0.25) is 9.59 Å². The summed E-state index contributed by atoms with van der Waals surface area (Å²) in [5.74, 6) is -1.43. The molecule has 30 heavy (non-hydrogen) atoms. The Labute approximate surface area is 194 Å². The second-order valence-electron chi connectivity index (χ2n) is 7.82. The molecule has 1 fully saturated rings. The van der Waals surface area contributed by atoms with Crippen molar-refractivity contribution >= 4 is 61.1 Å². The number of rotatable bonds is 1. The molecule has 1 aromatic heterocycles. The Morgan fingerprint density at radius 2 is 1.20 bits per heavy atom. The molecular weight excluding hydrogens is 532 g/mol. The van der Waals surface area contributed by atoms with Crippen molar-refractivity contribution in [2.75, 3.05) is 4.90 Å². The zero-order chi connectivity index (χ0) is 20.8. The number of alkyl halides is 2. The maximum Gasteiger partial charge on any atom is 0.241 e. The number of hydrogen-bond acceptors (Lipinski definition) is 3. The average molecular weight is 545 g/mol. The van der Waals surface area contributed by atoms with Crippen LogP contribution in [0.15, 0.2) is 66.9 Å². The van der Waals surface area contributed by atoms with Crippen LogP contribution in [-0.4, -0.2) is 16.8 Å². The lowest BCUT2D eigenvalue weighted by atomic mass is 9.54. The molecule has 4 aliphatic rings. The summed E-state index contributed by atoms with van der Waals surface area (Å²) in [4.78, 5) is 33.0. The van der Waals surface area contributed by atoms with Crippen LogP contribution in [0.2, 0.25) is 5.02 Å². The van der Waals surface area contributed by atoms with E-state index in [4.69, 9.17) is 11.6 Å². The summed E-state index contributed by atoms with van der Waals surface area (Å²) in [7, 11) is 0. The third-order valence-corrected chi connectivity index (χ3v) is 9.44. The third kappa shape index (κ3) is 2.00. The third-order valence-electron chi connectivity index (χ3n) is 6.53. The van der Waals surface area contributed by atoms with Gasteiger partial charge in [-0.2, -0.15) is 0 Å². The highest BCUT2D eigenvalue weighted by Crippen LogP contribution is 2.70. The van der Waals surface area contributed by atoms with E-state index in [0.29, 0.717) is 10.8 Å². The lowest BCUT2D eigenvalue weighted by Crippen LogP contribution is -2.56. The minimum Gasteiger partial charge on any atom is -0.274 e. The standard InChI is InChI=1S/C23H13Br2ClN2O2/c24-22-13-5-1-2-6-14(13)23(25,16-8-4-3-7-15(16)22)19-18(22)20(29)28(21(19)30)17-10-9-12(26)11-27-17/h1-11,18-19H/t18-,19-,22?,23?/m0/s1. The maximum absolute atomic E-state index is 13.8. The molecule has 0 saturated carbocycles. The van der Waals surface area contributed by atoms with Gasteiger partial charge < -0.3 is 0 Å². The van der Waals surface area contributed by atoms with E-state index in [2.05, 4.69) is 36.8 Å². The van der Waals surface area contributed by atoms with E-state index >= 15 is 0 Å². The van der Waals surface area contributed by atoms with Crippen molar-refractivity contribution in [3.05, 3.63) is 94.1 Å². The predicted molar refractivity (Wildman–Crippen MR) is 121 cm³/mol. The molecule has 0 N–H and O–H groups in total. The van der Waals surface area contributed by atoms with Crippen LogP contribution in [0.3, 0.4) is 0 Å². The molecule has 2 atom stereocenters. The second-order valence-corrected chi connectivity index (χ2v) is 10.8. The van der Waals surface area contributed by atoms with E-state index in [9.17, 15) is 9.59 Å². The summed E-state index contributed by atoms with van der Waals surface area (Å²) >= 11 is 13.9. The number of hydrogen-bond donors (Lipinski definition) is 0. The fourth-order valence-corrected chi connectivity index (χ4v) is 7.81. The van der Waals surface area contributed by atoms with Crippen LogP contribution < -0.4 is 4.90 Å². The van der Waals surface area contributed by atoms with Gasteiger partial charge in [0.1, 0.15) is 5.82 Å². The van der Waals surface area contributed by atoms with Gasteiger partial charge in [-0.25, -0.2) is 9.88 Å². The first-order chi connectivity index (χ1) is 14.4. The molecule has 3 aliphatic carbocycles. The largest absolute Gasteiger partial charge is 0.274 e. The summed E-state index contributed by atoms with van der Waals surface area (Å²) in [6.07, 6.45) is 1.45. The molecule has 7 heteroatoms. The fourth-order valence-electron chi connectivity index (χ4n) is 5.39. The number of imide groups is 1. The van der Waals surface area contributed by atoms with Crippen LogP contribution >= 0.6 is 43.5 Å². The first kappa shape index (κ1) is 18.7. The molecule has 1 saturated heterocycles. The van der Waals surface area contributed by atoms with Crippen molar-refractivity contribution in [3.63, 3.8) is 0 Å². The van der Waals surface area contributed by atoms with Crippen molar-refractivity contribution in [3.8, 4) is 0 Å².